The van der Waals surface area contributed by atoms with Gasteiger partial charge in [0.2, 0.25) is 0 Å². The Morgan fingerprint density at radius 2 is 1.55 bits per heavy atom. The molecule has 8 heteroatoms. The first-order valence-corrected chi connectivity index (χ1v) is 14.1. The van der Waals surface area contributed by atoms with E-state index in [1.807, 2.05) is 12.1 Å². The molecule has 0 saturated carbocycles. The van der Waals surface area contributed by atoms with E-state index in [1.54, 1.807) is 28.4 Å². The molecule has 0 saturated heterocycles. The van der Waals surface area contributed by atoms with E-state index in [4.69, 9.17) is 18.9 Å². The molecule has 0 aliphatic heterocycles. The SMILES string of the molecule is COc1ccc(CCCCN(C)CCC(C(=O)O)[C@@H]2CCc3cc(OC)c(OC)cc3[C@@H]2C(C)C)cc1OC.Cl. The van der Waals surface area contributed by atoms with Crippen molar-refractivity contribution in [2.24, 2.45) is 17.8 Å². The van der Waals surface area contributed by atoms with Gasteiger partial charge in [-0.25, -0.2) is 0 Å². The maximum atomic E-state index is 12.5. The number of aliphatic carboxylic acids is 1. The summed E-state index contributed by atoms with van der Waals surface area (Å²) in [6.07, 6.45) is 5.46. The van der Waals surface area contributed by atoms with E-state index in [0.29, 0.717) is 18.1 Å². The summed E-state index contributed by atoms with van der Waals surface area (Å²) in [4.78, 5) is 14.8. The molecule has 3 rings (SSSR count). The fraction of sp³-hybridized carbons (Fsp3) is 0.594. The summed E-state index contributed by atoms with van der Waals surface area (Å²) >= 11 is 0. The summed E-state index contributed by atoms with van der Waals surface area (Å²) in [5.41, 5.74) is 3.69. The Hall–Kier alpha value is -2.64. The lowest BCUT2D eigenvalue weighted by atomic mass is 9.65. The second kappa shape index (κ2) is 16.0. The number of halogens is 1. The lowest BCUT2D eigenvalue weighted by molar-refractivity contribution is -0.145. The molecule has 40 heavy (non-hydrogen) atoms. The van der Waals surface area contributed by atoms with Crippen molar-refractivity contribution in [3.63, 3.8) is 0 Å². The van der Waals surface area contributed by atoms with E-state index < -0.39 is 5.97 Å². The van der Waals surface area contributed by atoms with Crippen LogP contribution in [0.2, 0.25) is 0 Å². The van der Waals surface area contributed by atoms with Crippen LogP contribution in [0.4, 0.5) is 0 Å². The largest absolute Gasteiger partial charge is 0.493 e. The highest BCUT2D eigenvalue weighted by molar-refractivity contribution is 5.85. The predicted molar refractivity (Wildman–Crippen MR) is 162 cm³/mol. The fourth-order valence-corrected chi connectivity index (χ4v) is 6.24. The molecule has 1 aliphatic carbocycles. The monoisotopic (exact) mass is 577 g/mol. The number of carboxylic acid groups (broad SMARTS) is 1. The van der Waals surface area contributed by atoms with Gasteiger partial charge in [0, 0.05) is 0 Å². The molecule has 0 amide bonds. The van der Waals surface area contributed by atoms with Gasteiger partial charge in [-0.15, -0.1) is 12.4 Å². The number of hydrogen-bond donors (Lipinski definition) is 1. The van der Waals surface area contributed by atoms with Crippen LogP contribution in [0.25, 0.3) is 0 Å². The van der Waals surface area contributed by atoms with E-state index in [2.05, 4.69) is 44.0 Å². The zero-order valence-corrected chi connectivity index (χ0v) is 26.0. The second-order valence-electron chi connectivity index (χ2n) is 11.1. The average molecular weight is 578 g/mol. The molecule has 1 aliphatic rings. The van der Waals surface area contributed by atoms with Crippen molar-refractivity contribution in [1.29, 1.82) is 0 Å². The van der Waals surface area contributed by atoms with Crippen LogP contribution in [0.15, 0.2) is 30.3 Å². The van der Waals surface area contributed by atoms with Gasteiger partial charge >= 0.3 is 5.97 Å². The van der Waals surface area contributed by atoms with Crippen molar-refractivity contribution >= 4 is 18.4 Å². The molecule has 0 bridgehead atoms. The van der Waals surface area contributed by atoms with Crippen LogP contribution in [0, 0.1) is 17.8 Å². The lowest BCUT2D eigenvalue weighted by Crippen LogP contribution is -2.36. The molecule has 0 spiro atoms. The molecule has 224 valence electrons. The standard InChI is InChI=1S/C32H47NO6.ClH/c1-21(2)31-24(13-12-23-19-29(38-6)30(39-7)20-26(23)31)25(32(34)35)15-17-33(3)16-9-8-10-22-11-14-27(36-4)28(18-22)37-5;/h11,14,18-21,24-25,31H,8-10,12-13,15-17H2,1-7H3,(H,34,35);1H/t24-,25?,31+;/m0./s1. The number of fused-ring (bicyclic) bond motifs is 1. The molecule has 1 N–H and O–H groups in total. The Labute approximate surface area is 246 Å². The van der Waals surface area contributed by atoms with Gasteiger partial charge in [-0.3, -0.25) is 4.79 Å². The van der Waals surface area contributed by atoms with Gasteiger partial charge in [0.1, 0.15) is 0 Å². The second-order valence-corrected chi connectivity index (χ2v) is 11.1. The number of ether oxygens (including phenoxy) is 4. The maximum absolute atomic E-state index is 12.5. The van der Waals surface area contributed by atoms with Crippen LogP contribution in [0.5, 0.6) is 23.0 Å². The van der Waals surface area contributed by atoms with Gasteiger partial charge in [0.15, 0.2) is 23.0 Å². The number of unbranched alkanes of at least 4 members (excludes halogenated alkanes) is 1. The van der Waals surface area contributed by atoms with E-state index in [0.717, 1.165) is 62.4 Å². The normalized spacial score (nSPS) is 17.1. The molecular formula is C32H48ClNO6. The Kier molecular flexibility index (Phi) is 13.4. The molecule has 7 nitrogen and oxygen atoms in total. The van der Waals surface area contributed by atoms with E-state index in [1.165, 1.54) is 16.7 Å². The molecule has 0 heterocycles. The number of aryl methyl sites for hydroxylation is 2. The third-order valence-corrected chi connectivity index (χ3v) is 8.29. The van der Waals surface area contributed by atoms with E-state index in [9.17, 15) is 9.90 Å². The topological polar surface area (TPSA) is 77.5 Å². The maximum Gasteiger partial charge on any atom is 0.306 e. The molecule has 0 radical (unpaired) electrons. The van der Waals surface area contributed by atoms with Gasteiger partial charge in [0.25, 0.3) is 0 Å². The summed E-state index contributed by atoms with van der Waals surface area (Å²) < 4.78 is 21.9. The first kappa shape index (κ1) is 33.6. The molecule has 0 fully saturated rings. The van der Waals surface area contributed by atoms with Crippen LogP contribution in [-0.2, 0) is 17.6 Å². The summed E-state index contributed by atoms with van der Waals surface area (Å²) in [5, 5.41) is 10.3. The smallest absolute Gasteiger partial charge is 0.306 e. The van der Waals surface area contributed by atoms with Crippen LogP contribution in [0.1, 0.15) is 62.1 Å². The van der Waals surface area contributed by atoms with Gasteiger partial charge < -0.3 is 29.0 Å². The van der Waals surface area contributed by atoms with Crippen LogP contribution < -0.4 is 18.9 Å². The minimum atomic E-state index is -0.684. The molecule has 0 aromatic heterocycles. The van der Waals surface area contributed by atoms with Crippen molar-refractivity contribution in [3.8, 4) is 23.0 Å². The molecule has 1 unspecified atom stereocenters. The Morgan fingerprint density at radius 3 is 2.15 bits per heavy atom. The van der Waals surface area contributed by atoms with E-state index >= 15 is 0 Å². The van der Waals surface area contributed by atoms with Crippen molar-refractivity contribution in [2.45, 2.75) is 58.3 Å². The number of methoxy groups -OCH3 is 4. The first-order chi connectivity index (χ1) is 18.7. The summed E-state index contributed by atoms with van der Waals surface area (Å²) in [6, 6.07) is 10.2. The molecule has 2 aromatic carbocycles. The minimum Gasteiger partial charge on any atom is -0.493 e. The van der Waals surface area contributed by atoms with Gasteiger partial charge in [-0.1, -0.05) is 19.9 Å². The summed E-state index contributed by atoms with van der Waals surface area (Å²) in [7, 11) is 8.71. The van der Waals surface area contributed by atoms with Gasteiger partial charge in [-0.2, -0.15) is 0 Å². The zero-order chi connectivity index (χ0) is 28.5. The summed E-state index contributed by atoms with van der Waals surface area (Å²) in [6.45, 7) is 6.12. The molecular weight excluding hydrogens is 530 g/mol. The highest BCUT2D eigenvalue weighted by Crippen LogP contribution is 2.48. The van der Waals surface area contributed by atoms with Crippen molar-refractivity contribution in [2.75, 3.05) is 48.6 Å². The number of rotatable bonds is 15. The van der Waals surface area contributed by atoms with Gasteiger partial charge in [0.05, 0.1) is 34.4 Å². The fourth-order valence-electron chi connectivity index (χ4n) is 6.24. The van der Waals surface area contributed by atoms with Crippen LogP contribution in [-0.4, -0.2) is 64.6 Å². The first-order valence-electron chi connectivity index (χ1n) is 14.1. The van der Waals surface area contributed by atoms with E-state index in [-0.39, 0.29) is 30.2 Å². The van der Waals surface area contributed by atoms with Gasteiger partial charge in [-0.05, 0) is 117 Å². The van der Waals surface area contributed by atoms with Crippen molar-refractivity contribution in [1.82, 2.24) is 4.90 Å². The average Bonchev–Trinajstić information content (AvgIpc) is 2.93. The third kappa shape index (κ3) is 8.20. The van der Waals surface area contributed by atoms with Crippen molar-refractivity contribution in [3.05, 3.63) is 47.0 Å². The Balaban J connectivity index is 0.00000560. The minimum absolute atomic E-state index is 0. The van der Waals surface area contributed by atoms with Crippen LogP contribution in [0.3, 0.4) is 0 Å². The van der Waals surface area contributed by atoms with Crippen molar-refractivity contribution < 1.29 is 28.8 Å². The predicted octanol–water partition coefficient (Wildman–Crippen LogP) is 6.49. The zero-order valence-electron chi connectivity index (χ0n) is 25.2. The highest BCUT2D eigenvalue weighted by atomic mass is 35.5. The quantitative estimate of drug-likeness (QED) is 0.242. The highest BCUT2D eigenvalue weighted by Gasteiger charge is 2.40. The third-order valence-electron chi connectivity index (χ3n) is 8.29. The number of carboxylic acids is 1. The Morgan fingerprint density at radius 1 is 0.925 bits per heavy atom. The molecule has 2 aromatic rings. The number of hydrogen-bond acceptors (Lipinski definition) is 6. The van der Waals surface area contributed by atoms with Crippen LogP contribution >= 0.6 is 12.4 Å². The molecule has 3 atom stereocenters. The number of benzene rings is 2. The summed E-state index contributed by atoms with van der Waals surface area (Å²) in [5.74, 6) is 2.46. The Bertz CT molecular complexity index is 1090. The number of carbonyl (C=O) groups is 1. The number of nitrogens with zero attached hydrogens (tertiary/aromatic N) is 1. The lowest BCUT2D eigenvalue weighted by Gasteiger charge is -2.40.